The molecule has 0 aliphatic heterocycles. The Labute approximate surface area is 136 Å². The zero-order valence-corrected chi connectivity index (χ0v) is 13.0. The number of aliphatic hydroxyl groups excluding tert-OH is 4. The van der Waals surface area contributed by atoms with Gasteiger partial charge in [0.1, 0.15) is 12.2 Å². The summed E-state index contributed by atoms with van der Waals surface area (Å²) in [7, 11) is 0. The number of nitrogens with zero attached hydrogens (tertiary/aromatic N) is 1. The quantitative estimate of drug-likeness (QED) is 0.343. The third kappa shape index (κ3) is 6.60. The second kappa shape index (κ2) is 11.0. The van der Waals surface area contributed by atoms with E-state index in [2.05, 4.69) is 11.6 Å². The van der Waals surface area contributed by atoms with E-state index in [9.17, 15) is 15.3 Å². The first-order valence-electron chi connectivity index (χ1n) is 7.48. The molecular formula is C17H25NO5. The Morgan fingerprint density at radius 1 is 1.13 bits per heavy atom. The summed E-state index contributed by atoms with van der Waals surface area (Å²) >= 11 is 0. The Morgan fingerprint density at radius 3 is 2.39 bits per heavy atom. The summed E-state index contributed by atoms with van der Waals surface area (Å²) in [6.07, 6.45) is -0.527. The third-order valence-corrected chi connectivity index (χ3v) is 3.37. The minimum absolute atomic E-state index is 0.168. The number of ether oxygens (including phenoxy) is 1. The maximum atomic E-state index is 10.4. The SMILES string of the molecule is C=CCN=C[C@H](CO)[C@@H](O)[C@H](OCc1ccccc1)[C@H](O)CO. The van der Waals surface area contributed by atoms with Crippen LogP contribution in [0.5, 0.6) is 0 Å². The molecular weight excluding hydrogens is 298 g/mol. The second-order valence-electron chi connectivity index (χ2n) is 5.15. The van der Waals surface area contributed by atoms with Crippen molar-refractivity contribution in [2.75, 3.05) is 19.8 Å². The highest BCUT2D eigenvalue weighted by Gasteiger charge is 2.32. The van der Waals surface area contributed by atoms with Gasteiger partial charge in [-0.05, 0) is 5.56 Å². The number of aliphatic hydroxyl groups is 4. The van der Waals surface area contributed by atoms with Crippen LogP contribution in [0.25, 0.3) is 0 Å². The van der Waals surface area contributed by atoms with Crippen molar-refractivity contribution in [1.82, 2.24) is 0 Å². The molecule has 0 aliphatic carbocycles. The average Bonchev–Trinajstić information content (AvgIpc) is 2.59. The minimum Gasteiger partial charge on any atom is -0.396 e. The molecule has 0 aromatic heterocycles. The molecule has 0 fully saturated rings. The van der Waals surface area contributed by atoms with Crippen molar-refractivity contribution in [2.24, 2.45) is 10.9 Å². The molecule has 0 unspecified atom stereocenters. The highest BCUT2D eigenvalue weighted by molar-refractivity contribution is 5.62. The predicted molar refractivity (Wildman–Crippen MR) is 88.3 cm³/mol. The summed E-state index contributed by atoms with van der Waals surface area (Å²) in [6, 6.07) is 9.28. The van der Waals surface area contributed by atoms with Crippen LogP contribution in [0, 0.1) is 5.92 Å². The fourth-order valence-corrected chi connectivity index (χ4v) is 2.07. The molecule has 6 heteroatoms. The molecule has 4 atom stereocenters. The van der Waals surface area contributed by atoms with Crippen molar-refractivity contribution < 1.29 is 25.2 Å². The van der Waals surface area contributed by atoms with Gasteiger partial charge in [0, 0.05) is 12.1 Å². The fraction of sp³-hybridized carbons (Fsp3) is 0.471. The monoisotopic (exact) mass is 323 g/mol. The molecule has 6 nitrogen and oxygen atoms in total. The fourth-order valence-electron chi connectivity index (χ4n) is 2.07. The normalized spacial score (nSPS) is 16.9. The molecule has 0 heterocycles. The average molecular weight is 323 g/mol. The van der Waals surface area contributed by atoms with E-state index in [1.807, 2.05) is 30.3 Å². The maximum absolute atomic E-state index is 10.4. The Balaban J connectivity index is 2.76. The zero-order chi connectivity index (χ0) is 17.1. The van der Waals surface area contributed by atoms with Crippen LogP contribution in [-0.4, -0.2) is 64.7 Å². The van der Waals surface area contributed by atoms with Gasteiger partial charge < -0.3 is 25.2 Å². The van der Waals surface area contributed by atoms with E-state index in [1.54, 1.807) is 6.08 Å². The van der Waals surface area contributed by atoms with Gasteiger partial charge in [0.05, 0.1) is 32.5 Å². The van der Waals surface area contributed by atoms with E-state index in [0.29, 0.717) is 6.54 Å². The number of hydrogen-bond acceptors (Lipinski definition) is 6. The molecule has 0 saturated carbocycles. The summed E-state index contributed by atoms with van der Waals surface area (Å²) in [5.74, 6) is -0.711. The molecule has 4 N–H and O–H groups in total. The van der Waals surface area contributed by atoms with Gasteiger partial charge in [0.25, 0.3) is 0 Å². The first kappa shape index (κ1) is 19.5. The van der Waals surface area contributed by atoms with Gasteiger partial charge in [-0.2, -0.15) is 0 Å². The lowest BCUT2D eigenvalue weighted by atomic mass is 9.96. The van der Waals surface area contributed by atoms with Gasteiger partial charge in [0.2, 0.25) is 0 Å². The summed E-state index contributed by atoms with van der Waals surface area (Å²) < 4.78 is 5.58. The molecule has 1 aromatic rings. The molecule has 0 bridgehead atoms. The lowest BCUT2D eigenvalue weighted by Crippen LogP contribution is -2.46. The molecule has 1 aromatic carbocycles. The second-order valence-corrected chi connectivity index (χ2v) is 5.15. The molecule has 1 rings (SSSR count). The van der Waals surface area contributed by atoms with Crippen molar-refractivity contribution in [2.45, 2.75) is 24.9 Å². The van der Waals surface area contributed by atoms with Crippen molar-refractivity contribution in [1.29, 1.82) is 0 Å². The summed E-state index contributed by atoms with van der Waals surface area (Å²) in [5.41, 5.74) is 0.871. The summed E-state index contributed by atoms with van der Waals surface area (Å²) in [6.45, 7) is 3.15. The summed E-state index contributed by atoms with van der Waals surface area (Å²) in [4.78, 5) is 4.01. The van der Waals surface area contributed by atoms with Gasteiger partial charge in [-0.3, -0.25) is 4.99 Å². The molecule has 0 aliphatic rings. The maximum Gasteiger partial charge on any atom is 0.113 e. The Hall–Kier alpha value is -1.57. The van der Waals surface area contributed by atoms with E-state index >= 15 is 0 Å². The molecule has 0 amide bonds. The number of hydrogen-bond donors (Lipinski definition) is 4. The smallest absolute Gasteiger partial charge is 0.113 e. The van der Waals surface area contributed by atoms with E-state index in [4.69, 9.17) is 9.84 Å². The van der Waals surface area contributed by atoms with Crippen LogP contribution in [0.15, 0.2) is 48.0 Å². The van der Waals surface area contributed by atoms with Gasteiger partial charge in [-0.25, -0.2) is 0 Å². The standard InChI is InChI=1S/C17H25NO5/c1-2-8-18-9-14(10-19)16(22)17(15(21)11-20)23-12-13-6-4-3-5-7-13/h2-7,9,14-17,19-22H,1,8,10-12H2/t14-,15-,16-,17-/m1/s1. The molecule has 0 spiro atoms. The first-order valence-corrected chi connectivity index (χ1v) is 7.48. The van der Waals surface area contributed by atoms with E-state index in [-0.39, 0.29) is 13.2 Å². The van der Waals surface area contributed by atoms with Gasteiger partial charge in [0.15, 0.2) is 0 Å². The zero-order valence-electron chi connectivity index (χ0n) is 13.0. The largest absolute Gasteiger partial charge is 0.396 e. The third-order valence-electron chi connectivity index (χ3n) is 3.37. The molecule has 0 saturated heterocycles. The predicted octanol–water partition coefficient (Wildman–Crippen LogP) is 0.151. The Bertz CT molecular complexity index is 465. The van der Waals surface area contributed by atoms with Crippen LogP contribution in [0.1, 0.15) is 5.56 Å². The molecule has 128 valence electrons. The highest BCUT2D eigenvalue weighted by atomic mass is 16.5. The lowest BCUT2D eigenvalue weighted by molar-refractivity contribution is -0.129. The van der Waals surface area contributed by atoms with Crippen molar-refractivity contribution in [3.05, 3.63) is 48.6 Å². The number of aliphatic imine (C=N–C) groups is 1. The number of rotatable bonds is 11. The van der Waals surface area contributed by atoms with Crippen LogP contribution in [0.4, 0.5) is 0 Å². The van der Waals surface area contributed by atoms with Crippen LogP contribution in [0.3, 0.4) is 0 Å². The van der Waals surface area contributed by atoms with Gasteiger partial charge >= 0.3 is 0 Å². The first-order chi connectivity index (χ1) is 11.1. The Kier molecular flexibility index (Phi) is 9.35. The van der Waals surface area contributed by atoms with Crippen molar-refractivity contribution >= 4 is 6.21 Å². The number of benzene rings is 1. The summed E-state index contributed by atoms with van der Waals surface area (Å²) in [5, 5.41) is 38.9. The van der Waals surface area contributed by atoms with E-state index in [1.165, 1.54) is 6.21 Å². The Morgan fingerprint density at radius 2 is 1.83 bits per heavy atom. The van der Waals surface area contributed by atoms with Crippen LogP contribution in [0.2, 0.25) is 0 Å². The van der Waals surface area contributed by atoms with Crippen molar-refractivity contribution in [3.8, 4) is 0 Å². The van der Waals surface area contributed by atoms with Gasteiger partial charge in [-0.1, -0.05) is 36.4 Å². The minimum atomic E-state index is -1.27. The van der Waals surface area contributed by atoms with Crippen LogP contribution in [-0.2, 0) is 11.3 Å². The van der Waals surface area contributed by atoms with E-state index in [0.717, 1.165) is 5.56 Å². The van der Waals surface area contributed by atoms with Crippen molar-refractivity contribution in [3.63, 3.8) is 0 Å². The highest BCUT2D eigenvalue weighted by Crippen LogP contribution is 2.15. The van der Waals surface area contributed by atoms with E-state index < -0.39 is 30.8 Å². The van der Waals surface area contributed by atoms with Crippen LogP contribution < -0.4 is 0 Å². The lowest BCUT2D eigenvalue weighted by Gasteiger charge is -2.30. The molecule has 0 radical (unpaired) electrons. The topological polar surface area (TPSA) is 103 Å². The molecule has 23 heavy (non-hydrogen) atoms. The van der Waals surface area contributed by atoms with Crippen LogP contribution >= 0.6 is 0 Å². The van der Waals surface area contributed by atoms with Gasteiger partial charge in [-0.15, -0.1) is 6.58 Å².